The Labute approximate surface area is 114 Å². The minimum atomic E-state index is -0.137. The molecule has 1 saturated carbocycles. The zero-order chi connectivity index (χ0) is 13.0. The molecule has 0 amide bonds. The summed E-state index contributed by atoms with van der Waals surface area (Å²) in [6.45, 7) is 2.83. The highest BCUT2D eigenvalue weighted by atomic mass is 32.2. The Morgan fingerprint density at radius 2 is 2.11 bits per heavy atom. The second-order valence-corrected chi connectivity index (χ2v) is 6.19. The molecule has 0 heterocycles. The quantitative estimate of drug-likeness (QED) is 0.888. The van der Waals surface area contributed by atoms with E-state index in [4.69, 9.17) is 0 Å². The van der Waals surface area contributed by atoms with E-state index in [0.29, 0.717) is 11.3 Å². The van der Waals surface area contributed by atoms with Crippen LogP contribution in [0.3, 0.4) is 0 Å². The van der Waals surface area contributed by atoms with Crippen LogP contribution < -0.4 is 5.32 Å². The van der Waals surface area contributed by atoms with Gasteiger partial charge in [0.05, 0.1) is 0 Å². The molecule has 1 aromatic carbocycles. The molecule has 0 radical (unpaired) electrons. The second-order valence-electron chi connectivity index (χ2n) is 5.12. The fraction of sp³-hybridized carbons (Fsp3) is 0.600. The van der Waals surface area contributed by atoms with Gasteiger partial charge in [-0.1, -0.05) is 18.9 Å². The van der Waals surface area contributed by atoms with Crippen LogP contribution in [0, 0.1) is 12.7 Å². The van der Waals surface area contributed by atoms with Crippen molar-refractivity contribution in [3.63, 3.8) is 0 Å². The van der Waals surface area contributed by atoms with Gasteiger partial charge in [-0.15, -0.1) is 0 Å². The lowest BCUT2D eigenvalue weighted by Crippen LogP contribution is -2.40. The van der Waals surface area contributed by atoms with Crippen LogP contribution in [0.2, 0.25) is 0 Å². The Balaban J connectivity index is 1.95. The Morgan fingerprint density at radius 1 is 1.33 bits per heavy atom. The monoisotopic (exact) mass is 267 g/mol. The van der Waals surface area contributed by atoms with Crippen LogP contribution in [-0.2, 0) is 6.54 Å². The molecule has 0 aromatic heterocycles. The molecule has 2 atom stereocenters. The minimum Gasteiger partial charge on any atom is -0.309 e. The average Bonchev–Trinajstić information content (AvgIpc) is 2.40. The van der Waals surface area contributed by atoms with Crippen LogP contribution in [0.15, 0.2) is 18.2 Å². The molecule has 0 saturated heterocycles. The van der Waals surface area contributed by atoms with Crippen LogP contribution in [0.25, 0.3) is 0 Å². The van der Waals surface area contributed by atoms with Gasteiger partial charge >= 0.3 is 0 Å². The molecular weight excluding hydrogens is 245 g/mol. The third-order valence-electron chi connectivity index (χ3n) is 3.87. The van der Waals surface area contributed by atoms with Crippen molar-refractivity contribution in [1.82, 2.24) is 5.32 Å². The molecule has 0 bridgehead atoms. The lowest BCUT2D eigenvalue weighted by molar-refractivity contribution is 0.382. The first-order chi connectivity index (χ1) is 8.70. The van der Waals surface area contributed by atoms with E-state index in [0.717, 1.165) is 12.1 Å². The number of benzene rings is 1. The van der Waals surface area contributed by atoms with E-state index in [2.05, 4.69) is 11.6 Å². The van der Waals surface area contributed by atoms with Gasteiger partial charge in [-0.2, -0.15) is 11.8 Å². The molecule has 3 heteroatoms. The summed E-state index contributed by atoms with van der Waals surface area (Å²) in [6.07, 6.45) is 7.42. The predicted octanol–water partition coefficient (Wildman–Crippen LogP) is 3.90. The first kappa shape index (κ1) is 13.9. The molecule has 2 unspecified atom stereocenters. The van der Waals surface area contributed by atoms with E-state index in [1.165, 1.54) is 37.3 Å². The summed E-state index contributed by atoms with van der Waals surface area (Å²) in [6, 6.07) is 5.62. The molecule has 100 valence electrons. The van der Waals surface area contributed by atoms with Gasteiger partial charge in [0.25, 0.3) is 0 Å². The third kappa shape index (κ3) is 3.48. The smallest absolute Gasteiger partial charge is 0.123 e. The molecule has 1 fully saturated rings. The number of halogens is 1. The van der Waals surface area contributed by atoms with Gasteiger partial charge < -0.3 is 5.32 Å². The highest BCUT2D eigenvalue weighted by Crippen LogP contribution is 2.27. The molecular formula is C15H22FNS. The summed E-state index contributed by atoms with van der Waals surface area (Å²) in [5.74, 6) is -0.137. The molecule has 0 spiro atoms. The SMILES string of the molecule is CSC1CCCCC1NCc1cc(F)ccc1C. The first-order valence-corrected chi connectivity index (χ1v) is 8.00. The fourth-order valence-electron chi connectivity index (χ4n) is 2.68. The van der Waals surface area contributed by atoms with Gasteiger partial charge in [0.1, 0.15) is 5.82 Å². The normalized spacial score (nSPS) is 24.2. The Kier molecular flexibility index (Phi) is 5.07. The van der Waals surface area contributed by atoms with E-state index in [1.54, 1.807) is 6.07 Å². The third-order valence-corrected chi connectivity index (χ3v) is 5.04. The van der Waals surface area contributed by atoms with Crippen LogP contribution in [-0.4, -0.2) is 17.5 Å². The molecule has 1 N–H and O–H groups in total. The zero-order valence-corrected chi connectivity index (χ0v) is 12.0. The van der Waals surface area contributed by atoms with Gasteiger partial charge in [0, 0.05) is 17.8 Å². The summed E-state index contributed by atoms with van der Waals surface area (Å²) in [4.78, 5) is 0. The molecule has 1 aliphatic carbocycles. The topological polar surface area (TPSA) is 12.0 Å². The molecule has 1 aromatic rings. The maximum absolute atomic E-state index is 13.2. The number of aryl methyl sites for hydroxylation is 1. The largest absolute Gasteiger partial charge is 0.309 e. The molecule has 1 aliphatic rings. The standard InChI is InChI=1S/C15H22FNS/c1-11-7-8-13(16)9-12(11)10-17-14-5-3-4-6-15(14)18-2/h7-9,14-15,17H,3-6,10H2,1-2H3. The van der Waals surface area contributed by atoms with Crippen molar-refractivity contribution >= 4 is 11.8 Å². The van der Waals surface area contributed by atoms with E-state index in [9.17, 15) is 4.39 Å². The summed E-state index contributed by atoms with van der Waals surface area (Å²) >= 11 is 1.96. The van der Waals surface area contributed by atoms with Crippen molar-refractivity contribution in [1.29, 1.82) is 0 Å². The van der Waals surface area contributed by atoms with E-state index >= 15 is 0 Å². The maximum atomic E-state index is 13.2. The Morgan fingerprint density at radius 3 is 2.89 bits per heavy atom. The highest BCUT2D eigenvalue weighted by molar-refractivity contribution is 7.99. The first-order valence-electron chi connectivity index (χ1n) is 6.72. The molecule has 0 aliphatic heterocycles. The summed E-state index contributed by atoms with van der Waals surface area (Å²) in [7, 11) is 0. The zero-order valence-electron chi connectivity index (χ0n) is 11.2. The van der Waals surface area contributed by atoms with Crippen LogP contribution in [0.4, 0.5) is 4.39 Å². The van der Waals surface area contributed by atoms with Gasteiger partial charge in [-0.25, -0.2) is 4.39 Å². The van der Waals surface area contributed by atoms with Crippen LogP contribution in [0.5, 0.6) is 0 Å². The Hall–Kier alpha value is -0.540. The molecule has 18 heavy (non-hydrogen) atoms. The van der Waals surface area contributed by atoms with Crippen molar-refractivity contribution in [2.24, 2.45) is 0 Å². The van der Waals surface area contributed by atoms with Crippen molar-refractivity contribution in [3.05, 3.63) is 35.1 Å². The molecule has 2 rings (SSSR count). The van der Waals surface area contributed by atoms with Crippen molar-refractivity contribution < 1.29 is 4.39 Å². The van der Waals surface area contributed by atoms with E-state index in [-0.39, 0.29) is 5.82 Å². The number of rotatable bonds is 4. The summed E-state index contributed by atoms with van der Waals surface area (Å²) < 4.78 is 13.2. The fourth-order valence-corrected chi connectivity index (χ4v) is 3.65. The van der Waals surface area contributed by atoms with Crippen LogP contribution >= 0.6 is 11.8 Å². The second kappa shape index (κ2) is 6.58. The number of nitrogens with one attached hydrogen (secondary N) is 1. The van der Waals surface area contributed by atoms with Crippen molar-refractivity contribution in [3.8, 4) is 0 Å². The number of hydrogen-bond acceptors (Lipinski definition) is 2. The van der Waals surface area contributed by atoms with E-state index < -0.39 is 0 Å². The lowest BCUT2D eigenvalue weighted by Gasteiger charge is -2.31. The average molecular weight is 267 g/mol. The predicted molar refractivity (Wildman–Crippen MR) is 77.5 cm³/mol. The summed E-state index contributed by atoms with van der Waals surface area (Å²) in [5, 5.41) is 4.33. The van der Waals surface area contributed by atoms with Crippen LogP contribution in [0.1, 0.15) is 36.8 Å². The number of hydrogen-bond donors (Lipinski definition) is 1. The van der Waals surface area contributed by atoms with Crippen molar-refractivity contribution in [2.75, 3.05) is 6.26 Å². The Bertz CT molecular complexity index is 394. The highest BCUT2D eigenvalue weighted by Gasteiger charge is 2.23. The molecule has 1 nitrogen and oxygen atoms in total. The van der Waals surface area contributed by atoms with Gasteiger partial charge in [0.2, 0.25) is 0 Å². The minimum absolute atomic E-state index is 0.137. The maximum Gasteiger partial charge on any atom is 0.123 e. The van der Waals surface area contributed by atoms with E-state index in [1.807, 2.05) is 24.8 Å². The van der Waals surface area contributed by atoms with Gasteiger partial charge in [0.15, 0.2) is 0 Å². The number of thioether (sulfide) groups is 1. The summed E-state index contributed by atoms with van der Waals surface area (Å²) in [5.41, 5.74) is 2.25. The van der Waals surface area contributed by atoms with Gasteiger partial charge in [-0.05, 0) is 49.3 Å². The lowest BCUT2D eigenvalue weighted by atomic mass is 9.94. The van der Waals surface area contributed by atoms with Gasteiger partial charge in [-0.3, -0.25) is 0 Å². The van der Waals surface area contributed by atoms with Crippen molar-refractivity contribution in [2.45, 2.75) is 50.4 Å².